The summed E-state index contributed by atoms with van der Waals surface area (Å²) in [4.78, 5) is 1.22. The maximum atomic E-state index is 13.9. The third-order valence-electron chi connectivity index (χ3n) is 2.76. The maximum absolute atomic E-state index is 13.9. The van der Waals surface area contributed by atoms with Crippen LogP contribution in [0.5, 0.6) is 0 Å². The minimum atomic E-state index is -0.228. The molecule has 0 saturated carbocycles. The minimum absolute atomic E-state index is 0.140. The van der Waals surface area contributed by atoms with Crippen LogP contribution < -0.4 is 5.32 Å². The summed E-state index contributed by atoms with van der Waals surface area (Å²) in [5, 5.41) is 5.92. The van der Waals surface area contributed by atoms with Gasteiger partial charge in [-0.25, -0.2) is 4.39 Å². The Morgan fingerprint density at radius 2 is 2.17 bits per heavy atom. The molecule has 0 aliphatic carbocycles. The molecule has 1 nitrogen and oxygen atoms in total. The summed E-state index contributed by atoms with van der Waals surface area (Å²) < 4.78 is 13.9. The minimum Gasteiger partial charge on any atom is -0.306 e. The maximum Gasteiger partial charge on any atom is 0.128 e. The van der Waals surface area contributed by atoms with E-state index < -0.39 is 0 Å². The molecule has 2 rings (SSSR count). The molecule has 2 aromatic rings. The monoisotopic (exact) mass is 283 g/mol. The summed E-state index contributed by atoms with van der Waals surface area (Å²) in [6, 6.07) is 6.62. The first kappa shape index (κ1) is 13.5. The Kier molecular flexibility index (Phi) is 4.38. The molecule has 0 bridgehead atoms. The average Bonchev–Trinajstić information content (AvgIpc) is 2.76. The second kappa shape index (κ2) is 5.83. The van der Waals surface area contributed by atoms with Crippen LogP contribution in [0.25, 0.3) is 0 Å². The van der Waals surface area contributed by atoms with E-state index in [2.05, 4.69) is 16.8 Å². The lowest BCUT2D eigenvalue weighted by molar-refractivity contribution is 0.560. The van der Waals surface area contributed by atoms with E-state index in [0.29, 0.717) is 10.6 Å². The number of hydrogen-bond donors (Lipinski definition) is 1. The molecule has 0 radical (unpaired) electrons. The predicted octanol–water partition coefficient (Wildman–Crippen LogP) is 4.55. The van der Waals surface area contributed by atoms with E-state index in [1.165, 1.54) is 10.9 Å². The summed E-state index contributed by atoms with van der Waals surface area (Å²) in [5.74, 6) is -0.228. The van der Waals surface area contributed by atoms with Crippen LogP contribution in [-0.2, 0) is 0 Å². The Balaban J connectivity index is 2.44. The van der Waals surface area contributed by atoms with Crippen LogP contribution in [0.4, 0.5) is 4.39 Å². The zero-order chi connectivity index (χ0) is 13.1. The lowest BCUT2D eigenvalue weighted by Gasteiger charge is -2.18. The zero-order valence-corrected chi connectivity index (χ0v) is 11.9. The van der Waals surface area contributed by atoms with E-state index in [-0.39, 0.29) is 11.9 Å². The molecule has 18 heavy (non-hydrogen) atoms. The van der Waals surface area contributed by atoms with Gasteiger partial charge in [0, 0.05) is 15.5 Å². The van der Waals surface area contributed by atoms with E-state index in [1.807, 2.05) is 13.8 Å². The molecule has 1 aromatic heterocycles. The van der Waals surface area contributed by atoms with Crippen LogP contribution in [0.2, 0.25) is 5.02 Å². The zero-order valence-electron chi connectivity index (χ0n) is 10.3. The molecular weight excluding hydrogens is 269 g/mol. The molecule has 1 heterocycles. The van der Waals surface area contributed by atoms with Crippen molar-refractivity contribution in [2.24, 2.45) is 0 Å². The number of benzene rings is 1. The molecule has 0 saturated heterocycles. The van der Waals surface area contributed by atoms with Crippen molar-refractivity contribution in [1.29, 1.82) is 0 Å². The standard InChI is InChI=1S/C14H15ClFNS/c1-3-17-14(10-6-9(2)18-8-10)12-7-11(15)4-5-13(12)16/h4-8,14,17H,3H2,1-2H3. The van der Waals surface area contributed by atoms with Crippen LogP contribution in [0, 0.1) is 12.7 Å². The van der Waals surface area contributed by atoms with Gasteiger partial charge in [-0.2, -0.15) is 0 Å². The first-order chi connectivity index (χ1) is 8.61. The first-order valence-electron chi connectivity index (χ1n) is 5.85. The molecule has 1 unspecified atom stereocenters. The topological polar surface area (TPSA) is 12.0 Å². The van der Waals surface area contributed by atoms with Gasteiger partial charge in [0.1, 0.15) is 5.82 Å². The van der Waals surface area contributed by atoms with E-state index in [0.717, 1.165) is 12.1 Å². The third-order valence-corrected chi connectivity index (χ3v) is 3.88. The van der Waals surface area contributed by atoms with Crippen molar-refractivity contribution >= 4 is 22.9 Å². The Labute approximate surface area is 116 Å². The normalized spacial score (nSPS) is 12.7. The Morgan fingerprint density at radius 1 is 1.39 bits per heavy atom. The summed E-state index contributed by atoms with van der Waals surface area (Å²) in [7, 11) is 0. The number of rotatable bonds is 4. The van der Waals surface area contributed by atoms with E-state index in [4.69, 9.17) is 11.6 Å². The van der Waals surface area contributed by atoms with Crippen molar-refractivity contribution in [1.82, 2.24) is 5.32 Å². The molecule has 0 aliphatic heterocycles. The predicted molar refractivity (Wildman–Crippen MR) is 76.0 cm³/mol. The summed E-state index contributed by atoms with van der Waals surface area (Å²) >= 11 is 7.63. The van der Waals surface area contributed by atoms with Gasteiger partial charge in [-0.15, -0.1) is 11.3 Å². The fourth-order valence-electron chi connectivity index (χ4n) is 1.96. The van der Waals surface area contributed by atoms with Crippen molar-refractivity contribution in [3.8, 4) is 0 Å². The fraction of sp³-hybridized carbons (Fsp3) is 0.286. The van der Waals surface area contributed by atoms with Gasteiger partial charge >= 0.3 is 0 Å². The van der Waals surface area contributed by atoms with E-state index in [1.54, 1.807) is 23.5 Å². The number of nitrogens with one attached hydrogen (secondary N) is 1. The Hall–Kier alpha value is -0.900. The second-order valence-corrected chi connectivity index (χ2v) is 5.70. The number of hydrogen-bond acceptors (Lipinski definition) is 2. The summed E-state index contributed by atoms with van der Waals surface area (Å²) in [5.41, 5.74) is 1.68. The average molecular weight is 284 g/mol. The molecule has 4 heteroatoms. The SMILES string of the molecule is CCNC(c1csc(C)c1)c1cc(Cl)ccc1F. The van der Waals surface area contributed by atoms with Gasteiger partial charge in [0.25, 0.3) is 0 Å². The number of halogens is 2. The largest absolute Gasteiger partial charge is 0.306 e. The van der Waals surface area contributed by atoms with Gasteiger partial charge < -0.3 is 5.32 Å². The third kappa shape index (κ3) is 2.91. The molecule has 0 fully saturated rings. The molecule has 0 amide bonds. The highest BCUT2D eigenvalue weighted by Crippen LogP contribution is 2.29. The highest BCUT2D eigenvalue weighted by Gasteiger charge is 2.18. The first-order valence-corrected chi connectivity index (χ1v) is 7.11. The van der Waals surface area contributed by atoms with Crippen LogP contribution in [0.3, 0.4) is 0 Å². The van der Waals surface area contributed by atoms with E-state index in [9.17, 15) is 4.39 Å². The van der Waals surface area contributed by atoms with Crippen molar-refractivity contribution < 1.29 is 4.39 Å². The van der Waals surface area contributed by atoms with Crippen molar-refractivity contribution in [3.05, 3.63) is 56.5 Å². The second-order valence-electron chi connectivity index (χ2n) is 4.15. The van der Waals surface area contributed by atoms with Crippen LogP contribution in [0.1, 0.15) is 29.0 Å². The summed E-state index contributed by atoms with van der Waals surface area (Å²) in [6.07, 6.45) is 0. The van der Waals surface area contributed by atoms with Crippen molar-refractivity contribution in [2.75, 3.05) is 6.54 Å². The van der Waals surface area contributed by atoms with Crippen LogP contribution in [-0.4, -0.2) is 6.54 Å². The number of thiophene rings is 1. The van der Waals surface area contributed by atoms with Crippen molar-refractivity contribution in [2.45, 2.75) is 19.9 Å². The molecule has 96 valence electrons. The van der Waals surface area contributed by atoms with E-state index >= 15 is 0 Å². The quantitative estimate of drug-likeness (QED) is 0.868. The van der Waals surface area contributed by atoms with Crippen LogP contribution in [0.15, 0.2) is 29.6 Å². The highest BCUT2D eigenvalue weighted by atomic mass is 35.5. The molecular formula is C14H15ClFNS. The van der Waals surface area contributed by atoms with Gasteiger partial charge in [0.15, 0.2) is 0 Å². The van der Waals surface area contributed by atoms with Crippen LogP contribution >= 0.6 is 22.9 Å². The lowest BCUT2D eigenvalue weighted by atomic mass is 10.0. The highest BCUT2D eigenvalue weighted by molar-refractivity contribution is 7.10. The molecule has 0 aliphatic rings. The Morgan fingerprint density at radius 3 is 2.78 bits per heavy atom. The summed E-state index contributed by atoms with van der Waals surface area (Å²) in [6.45, 7) is 4.83. The number of aryl methyl sites for hydroxylation is 1. The molecule has 0 spiro atoms. The molecule has 1 aromatic carbocycles. The molecule has 1 N–H and O–H groups in total. The van der Waals surface area contributed by atoms with Gasteiger partial charge in [-0.3, -0.25) is 0 Å². The lowest BCUT2D eigenvalue weighted by Crippen LogP contribution is -2.22. The fourth-order valence-corrected chi connectivity index (χ4v) is 2.87. The smallest absolute Gasteiger partial charge is 0.128 e. The molecule has 1 atom stereocenters. The van der Waals surface area contributed by atoms with Gasteiger partial charge in [-0.05, 0) is 48.7 Å². The van der Waals surface area contributed by atoms with Crippen molar-refractivity contribution in [3.63, 3.8) is 0 Å². The Bertz CT molecular complexity index is 538. The van der Waals surface area contributed by atoms with Gasteiger partial charge in [-0.1, -0.05) is 18.5 Å². The van der Waals surface area contributed by atoms with Gasteiger partial charge in [0.05, 0.1) is 6.04 Å². The van der Waals surface area contributed by atoms with Gasteiger partial charge in [0.2, 0.25) is 0 Å².